The zero-order valence-corrected chi connectivity index (χ0v) is 16.5. The lowest BCUT2D eigenvalue weighted by atomic mass is 9.58. The number of nitrogens with zero attached hydrogens (tertiary/aromatic N) is 1. The average Bonchev–Trinajstić information content (AvgIpc) is 2.83. The van der Waals surface area contributed by atoms with Crippen LogP contribution in [-0.2, 0) is 19.6 Å². The van der Waals surface area contributed by atoms with Crippen molar-refractivity contribution in [1.82, 2.24) is 15.2 Å². The summed E-state index contributed by atoms with van der Waals surface area (Å²) in [6.45, 7) is 10.6. The number of aromatic nitrogens is 1. The number of hydrogen-bond acceptors (Lipinski definition) is 6. The number of nitrogens with one attached hydrogen (secondary N) is 2. The first-order chi connectivity index (χ1) is 11.4. The smallest absolute Gasteiger partial charge is 0.246 e. The first-order valence-electron chi connectivity index (χ1n) is 8.21. The van der Waals surface area contributed by atoms with Gasteiger partial charge in [-0.15, -0.1) is 0 Å². The summed E-state index contributed by atoms with van der Waals surface area (Å²) >= 11 is 0. The van der Waals surface area contributed by atoms with Crippen molar-refractivity contribution in [3.63, 3.8) is 0 Å². The molecular weight excluding hydrogens is 346 g/mol. The molecule has 0 aromatic carbocycles. The summed E-state index contributed by atoms with van der Waals surface area (Å²) in [5, 5.41) is 6.58. The predicted octanol–water partition coefficient (Wildman–Crippen LogP) is 1.13. The van der Waals surface area contributed by atoms with E-state index in [1.54, 1.807) is 14.0 Å². The van der Waals surface area contributed by atoms with Gasteiger partial charge in [0.15, 0.2) is 5.76 Å². The van der Waals surface area contributed by atoms with Crippen molar-refractivity contribution in [3.05, 3.63) is 11.5 Å². The number of carbonyl (C=O) groups is 1. The maximum atomic E-state index is 12.5. The molecule has 1 amide bonds. The molecule has 4 atom stereocenters. The fourth-order valence-corrected chi connectivity index (χ4v) is 5.44. The fraction of sp³-hybridized carbons (Fsp3) is 0.750. The number of amides is 1. The number of carbonyl (C=O) groups excluding carboxylic acids is 1. The van der Waals surface area contributed by atoms with Crippen molar-refractivity contribution >= 4 is 15.9 Å². The van der Waals surface area contributed by atoms with E-state index in [2.05, 4.69) is 15.2 Å². The van der Waals surface area contributed by atoms with Crippen molar-refractivity contribution in [2.24, 2.45) is 11.3 Å². The second kappa shape index (κ2) is 6.69. The molecule has 2 rings (SSSR count). The van der Waals surface area contributed by atoms with Crippen LogP contribution in [-0.4, -0.2) is 44.8 Å². The maximum Gasteiger partial charge on any atom is 0.246 e. The zero-order chi connectivity index (χ0) is 19.2. The molecule has 0 spiro atoms. The van der Waals surface area contributed by atoms with Gasteiger partial charge in [0.2, 0.25) is 15.9 Å². The molecule has 1 aromatic heterocycles. The van der Waals surface area contributed by atoms with Crippen molar-refractivity contribution in [2.45, 2.75) is 64.6 Å². The number of hydrogen-bond donors (Lipinski definition) is 2. The number of sulfonamides is 1. The van der Waals surface area contributed by atoms with Crippen LogP contribution in [0.5, 0.6) is 0 Å². The molecule has 1 aromatic rings. The molecule has 2 N–H and O–H groups in total. The van der Waals surface area contributed by atoms with Crippen molar-refractivity contribution in [1.29, 1.82) is 0 Å². The van der Waals surface area contributed by atoms with Crippen LogP contribution < -0.4 is 10.0 Å². The SMILES string of the molecule is CO[C@@H]1[C@H](C)[C@H](NC(=O)[C@H](C)NS(=O)(=O)c2c(C)noc2C)C1(C)C. The van der Waals surface area contributed by atoms with E-state index in [4.69, 9.17) is 9.26 Å². The van der Waals surface area contributed by atoms with Gasteiger partial charge in [-0.1, -0.05) is 25.9 Å². The Hall–Kier alpha value is -1.45. The quantitative estimate of drug-likeness (QED) is 0.773. The second-order valence-corrected chi connectivity index (χ2v) is 8.97. The van der Waals surface area contributed by atoms with E-state index in [1.165, 1.54) is 13.8 Å². The van der Waals surface area contributed by atoms with Crippen LogP contribution in [0.2, 0.25) is 0 Å². The molecule has 1 aliphatic carbocycles. The number of aryl methyl sites for hydroxylation is 2. The average molecular weight is 373 g/mol. The van der Waals surface area contributed by atoms with Crippen LogP contribution in [0, 0.1) is 25.2 Å². The number of rotatable bonds is 6. The lowest BCUT2D eigenvalue weighted by molar-refractivity contribution is -0.155. The Balaban J connectivity index is 2.07. The molecule has 25 heavy (non-hydrogen) atoms. The molecule has 0 saturated heterocycles. The van der Waals surface area contributed by atoms with E-state index in [1.807, 2.05) is 20.8 Å². The Morgan fingerprint density at radius 3 is 2.40 bits per heavy atom. The standard InChI is InChI=1S/C16H27N3O5S/c1-8-13(16(5,6)14(8)23-7)17-15(20)10(3)19-25(21,22)12-9(2)18-24-11(12)4/h8,10,13-14,19H,1-7H3,(H,17,20)/t8-,10+,13+,14-/m1/s1. The highest BCUT2D eigenvalue weighted by atomic mass is 32.2. The van der Waals surface area contributed by atoms with E-state index in [0.29, 0.717) is 0 Å². The summed E-state index contributed by atoms with van der Waals surface area (Å²) in [6, 6.07) is -1.01. The summed E-state index contributed by atoms with van der Waals surface area (Å²) in [5.74, 6) is -0.0422. The minimum absolute atomic E-state index is 0.0241. The van der Waals surface area contributed by atoms with Crippen LogP contribution in [0.1, 0.15) is 39.1 Å². The highest BCUT2D eigenvalue weighted by Gasteiger charge is 2.55. The van der Waals surface area contributed by atoms with Crippen LogP contribution in [0.4, 0.5) is 0 Å². The van der Waals surface area contributed by atoms with Gasteiger partial charge in [-0.05, 0) is 20.8 Å². The minimum Gasteiger partial charge on any atom is -0.380 e. The van der Waals surface area contributed by atoms with Crippen molar-refractivity contribution < 1.29 is 22.5 Å². The fourth-order valence-electron chi connectivity index (χ4n) is 3.91. The molecular formula is C16H27N3O5S. The Morgan fingerprint density at radius 1 is 1.36 bits per heavy atom. The second-order valence-electron chi connectivity index (χ2n) is 7.32. The molecule has 0 radical (unpaired) electrons. The Morgan fingerprint density at radius 2 is 1.96 bits per heavy atom. The predicted molar refractivity (Wildman–Crippen MR) is 91.4 cm³/mol. The third kappa shape index (κ3) is 3.45. The van der Waals surface area contributed by atoms with E-state index in [-0.39, 0.29) is 45.7 Å². The zero-order valence-electron chi connectivity index (χ0n) is 15.7. The van der Waals surface area contributed by atoms with E-state index >= 15 is 0 Å². The Bertz CT molecular complexity index is 736. The van der Waals surface area contributed by atoms with Crippen LogP contribution >= 0.6 is 0 Å². The highest BCUT2D eigenvalue weighted by Crippen LogP contribution is 2.46. The maximum absolute atomic E-state index is 12.5. The van der Waals surface area contributed by atoms with Crippen LogP contribution in [0.25, 0.3) is 0 Å². The number of ether oxygens (including phenoxy) is 1. The molecule has 9 heteroatoms. The van der Waals surface area contributed by atoms with Crippen LogP contribution in [0.15, 0.2) is 9.42 Å². The van der Waals surface area contributed by atoms with Crippen LogP contribution in [0.3, 0.4) is 0 Å². The van der Waals surface area contributed by atoms with Gasteiger partial charge in [-0.25, -0.2) is 8.42 Å². The first kappa shape index (κ1) is 19.9. The van der Waals surface area contributed by atoms with E-state index in [9.17, 15) is 13.2 Å². The molecule has 1 fully saturated rings. The van der Waals surface area contributed by atoms with E-state index < -0.39 is 16.1 Å². The summed E-state index contributed by atoms with van der Waals surface area (Å²) in [7, 11) is -2.24. The minimum atomic E-state index is -3.90. The van der Waals surface area contributed by atoms with Gasteiger partial charge in [0, 0.05) is 24.5 Å². The van der Waals surface area contributed by atoms with Gasteiger partial charge in [-0.2, -0.15) is 4.72 Å². The van der Waals surface area contributed by atoms with Gasteiger partial charge < -0.3 is 14.6 Å². The van der Waals surface area contributed by atoms with Gasteiger partial charge in [0.05, 0.1) is 12.1 Å². The molecule has 8 nitrogen and oxygen atoms in total. The monoisotopic (exact) mass is 373 g/mol. The molecule has 142 valence electrons. The van der Waals surface area contributed by atoms with Gasteiger partial charge in [-0.3, -0.25) is 4.79 Å². The summed E-state index contributed by atoms with van der Waals surface area (Å²) in [4.78, 5) is 12.4. The molecule has 0 bridgehead atoms. The van der Waals surface area contributed by atoms with Gasteiger partial charge in [0.1, 0.15) is 10.6 Å². The molecule has 0 aliphatic heterocycles. The van der Waals surface area contributed by atoms with Crippen molar-refractivity contribution in [3.8, 4) is 0 Å². The molecule has 1 saturated carbocycles. The molecule has 1 heterocycles. The molecule has 0 unspecified atom stereocenters. The Labute approximate surface area is 148 Å². The largest absolute Gasteiger partial charge is 0.380 e. The summed E-state index contributed by atoms with van der Waals surface area (Å²) in [6.07, 6.45) is 0.0482. The first-order valence-corrected chi connectivity index (χ1v) is 9.70. The highest BCUT2D eigenvalue weighted by molar-refractivity contribution is 7.89. The summed E-state index contributed by atoms with van der Waals surface area (Å²) < 4.78 is 37.7. The van der Waals surface area contributed by atoms with Crippen molar-refractivity contribution in [2.75, 3.05) is 7.11 Å². The summed E-state index contributed by atoms with van der Waals surface area (Å²) in [5.41, 5.74) is 0.0404. The molecule has 1 aliphatic rings. The third-order valence-electron chi connectivity index (χ3n) is 5.05. The number of methoxy groups -OCH3 is 1. The normalized spacial score (nSPS) is 26.8. The lowest BCUT2D eigenvalue weighted by Gasteiger charge is -2.56. The van der Waals surface area contributed by atoms with Gasteiger partial charge >= 0.3 is 0 Å². The van der Waals surface area contributed by atoms with Gasteiger partial charge in [0.25, 0.3) is 0 Å². The topological polar surface area (TPSA) is 111 Å². The third-order valence-corrected chi connectivity index (χ3v) is 6.84. The Kier molecular flexibility index (Phi) is 5.32. The lowest BCUT2D eigenvalue weighted by Crippen LogP contribution is -2.69. The van der Waals surface area contributed by atoms with E-state index in [0.717, 1.165) is 0 Å².